The van der Waals surface area contributed by atoms with Crippen LogP contribution in [0.15, 0.2) is 0 Å². The summed E-state index contributed by atoms with van der Waals surface area (Å²) in [6.45, 7) is 0. The molecule has 0 aliphatic carbocycles. The molecule has 0 fully saturated rings. The van der Waals surface area contributed by atoms with Gasteiger partial charge in [0, 0.05) is 103 Å². The van der Waals surface area contributed by atoms with Crippen LogP contribution in [0, 0.1) is 0 Å². The first kappa shape index (κ1) is 20.8. The van der Waals surface area contributed by atoms with E-state index in [2.05, 4.69) is 0 Å². The average molecular weight is 280 g/mol. The molecular formula is CH2K2N2O6S2. The van der Waals surface area contributed by atoms with Crippen LogP contribution in [0.3, 0.4) is 0 Å². The van der Waals surface area contributed by atoms with Gasteiger partial charge < -0.3 is 5.53 Å². The van der Waals surface area contributed by atoms with Crippen molar-refractivity contribution in [1.29, 1.82) is 0 Å². The molecule has 0 rings (SSSR count). The first-order chi connectivity index (χ1) is 4.69. The summed E-state index contributed by atoms with van der Waals surface area (Å²) in [5.74, 6) is 0. The zero-order valence-corrected chi connectivity index (χ0v) is 14.6. The Kier molecular flexibility index (Phi) is 12.3. The van der Waals surface area contributed by atoms with Gasteiger partial charge in [0.2, 0.25) is 0 Å². The van der Waals surface area contributed by atoms with Crippen LogP contribution < -0.4 is 0 Å². The molecule has 0 bridgehead atoms. The van der Waals surface area contributed by atoms with Crippen molar-refractivity contribution in [2.24, 2.45) is 0 Å². The number of nitrogens with zero attached hydrogens (tertiary/aromatic N) is 2. The van der Waals surface area contributed by atoms with Gasteiger partial charge in [0.05, 0.1) is 0 Å². The van der Waals surface area contributed by atoms with E-state index in [0.29, 0.717) is 0 Å². The molecular weight excluding hydrogens is 278 g/mol. The van der Waals surface area contributed by atoms with Crippen LogP contribution in [-0.2, 0) is 20.2 Å². The Labute approximate surface area is 159 Å². The van der Waals surface area contributed by atoms with Crippen molar-refractivity contribution in [3.05, 3.63) is 5.53 Å². The van der Waals surface area contributed by atoms with Crippen molar-refractivity contribution in [3.8, 4) is 0 Å². The Hall–Kier alpha value is 2.47. The maximum absolute atomic E-state index is 9.93. The maximum Gasteiger partial charge on any atom is 0.546 e. The summed E-state index contributed by atoms with van der Waals surface area (Å²) in [6.07, 6.45) is 0. The minimum atomic E-state index is -5.21. The third-order valence-electron chi connectivity index (χ3n) is 0.523. The van der Waals surface area contributed by atoms with Gasteiger partial charge in [-0.05, 0) is 0 Å². The molecule has 0 aliphatic heterocycles. The second-order valence-corrected chi connectivity index (χ2v) is 4.25. The fourth-order valence-electron chi connectivity index (χ4n) is 0.236. The van der Waals surface area contributed by atoms with Gasteiger partial charge in [-0.25, -0.2) is 0 Å². The second kappa shape index (κ2) is 7.70. The zero-order valence-electron chi connectivity index (χ0n) is 6.74. The zero-order chi connectivity index (χ0) is 9.28. The van der Waals surface area contributed by atoms with Crippen molar-refractivity contribution >= 4 is 127 Å². The average Bonchev–Trinajstić information content (AvgIpc) is 1.56. The molecule has 0 saturated carbocycles. The van der Waals surface area contributed by atoms with E-state index in [1.807, 2.05) is 0 Å². The molecule has 13 heavy (non-hydrogen) atoms. The Bertz CT molecular complexity index is 368. The standard InChI is InChI=1S/CH2N2O6S2.2K/c2-3-1(10(4,5)6)11(7,8)9;;/h(H,4,5,6)(H,7,8,9);;. The van der Waals surface area contributed by atoms with E-state index < -0.39 is 24.6 Å². The molecule has 2 N–H and O–H groups in total. The molecule has 0 aromatic rings. The molecule has 2 radical (unpaired) electrons. The monoisotopic (exact) mass is 280 g/mol. The molecule has 0 amide bonds. The Morgan fingerprint density at radius 1 is 1.00 bits per heavy atom. The molecule has 0 unspecified atom stereocenters. The number of hydrogen-bond acceptors (Lipinski definition) is 4. The summed E-state index contributed by atoms with van der Waals surface area (Å²) in [5, 5.41) is 0. The summed E-state index contributed by atoms with van der Waals surface area (Å²) < 4.78 is 53.5. The maximum atomic E-state index is 9.93. The first-order valence-electron chi connectivity index (χ1n) is 1.86. The summed E-state index contributed by atoms with van der Waals surface area (Å²) in [4.78, 5) is 1.67. The Morgan fingerprint density at radius 3 is 1.23 bits per heavy atom. The molecule has 66 valence electrons. The van der Waals surface area contributed by atoms with Crippen LogP contribution >= 0.6 is 0 Å². The van der Waals surface area contributed by atoms with Crippen molar-refractivity contribution in [1.82, 2.24) is 0 Å². The Balaban J connectivity index is -0.000000500. The minimum absolute atomic E-state index is 0. The van der Waals surface area contributed by atoms with E-state index in [1.54, 1.807) is 4.79 Å². The predicted molar refractivity (Wildman–Crippen MR) is 43.2 cm³/mol. The number of rotatable bonds is 0. The van der Waals surface area contributed by atoms with Crippen molar-refractivity contribution in [2.45, 2.75) is 0 Å². The van der Waals surface area contributed by atoms with Crippen LogP contribution in [0.5, 0.6) is 0 Å². The van der Waals surface area contributed by atoms with E-state index in [9.17, 15) is 16.8 Å². The van der Waals surface area contributed by atoms with Crippen LogP contribution in [-0.4, -0.2) is 138 Å². The number of hydrogen-bond donors (Lipinski definition) is 2. The van der Waals surface area contributed by atoms with Gasteiger partial charge in [0.25, 0.3) is 0 Å². The van der Waals surface area contributed by atoms with Gasteiger partial charge in [0.15, 0.2) is 0 Å². The van der Waals surface area contributed by atoms with E-state index in [-0.39, 0.29) is 103 Å². The summed E-state index contributed by atoms with van der Waals surface area (Å²) in [6, 6.07) is 0. The fraction of sp³-hybridized carbons (Fsp3) is 0. The molecule has 0 saturated heterocycles. The first-order valence-corrected chi connectivity index (χ1v) is 4.74. The molecule has 0 spiro atoms. The molecule has 0 aromatic heterocycles. The van der Waals surface area contributed by atoms with E-state index in [4.69, 9.17) is 14.6 Å². The SMILES string of the molecule is [K].[K].[N-]=[N+]=C(S(=O)(=O)O)S(=O)(=O)O. The van der Waals surface area contributed by atoms with Crippen LogP contribution in [0.2, 0.25) is 0 Å². The van der Waals surface area contributed by atoms with Gasteiger partial charge in [-0.3, -0.25) is 9.11 Å². The van der Waals surface area contributed by atoms with E-state index in [1.165, 1.54) is 0 Å². The molecule has 0 aromatic carbocycles. The third-order valence-corrected chi connectivity index (χ3v) is 2.83. The van der Waals surface area contributed by atoms with Gasteiger partial charge in [0.1, 0.15) is 0 Å². The van der Waals surface area contributed by atoms with Gasteiger partial charge in [-0.1, -0.05) is 0 Å². The summed E-state index contributed by atoms with van der Waals surface area (Å²) >= 11 is 0. The molecule has 0 aliphatic rings. The van der Waals surface area contributed by atoms with Crippen LogP contribution in [0.4, 0.5) is 0 Å². The topological polar surface area (TPSA) is 145 Å². The minimum Gasteiger partial charge on any atom is -0.359 e. The molecule has 0 heterocycles. The largest absolute Gasteiger partial charge is 0.546 e. The van der Waals surface area contributed by atoms with Crippen LogP contribution in [0.25, 0.3) is 5.53 Å². The molecule has 12 heteroatoms. The van der Waals surface area contributed by atoms with Crippen molar-refractivity contribution in [3.63, 3.8) is 0 Å². The fourth-order valence-corrected chi connectivity index (χ4v) is 1.51. The predicted octanol–water partition coefficient (Wildman–Crippen LogP) is -2.41. The van der Waals surface area contributed by atoms with E-state index in [0.717, 1.165) is 0 Å². The molecule has 8 nitrogen and oxygen atoms in total. The Morgan fingerprint density at radius 2 is 1.23 bits per heavy atom. The quantitative estimate of drug-likeness (QED) is 0.126. The van der Waals surface area contributed by atoms with Crippen LogP contribution in [0.1, 0.15) is 0 Å². The summed E-state index contributed by atoms with van der Waals surface area (Å²) in [7, 11) is -10.4. The molecule has 0 atom stereocenters. The van der Waals surface area contributed by atoms with Gasteiger partial charge in [-0.2, -0.15) is 16.8 Å². The summed E-state index contributed by atoms with van der Waals surface area (Å²) in [5.41, 5.74) is 7.71. The van der Waals surface area contributed by atoms with Gasteiger partial charge >= 0.3 is 24.6 Å². The van der Waals surface area contributed by atoms with Crippen molar-refractivity contribution in [2.75, 3.05) is 0 Å². The smallest absolute Gasteiger partial charge is 0.359 e. The normalized spacial score (nSPS) is 10.3. The third kappa shape index (κ3) is 8.30. The van der Waals surface area contributed by atoms with Crippen molar-refractivity contribution < 1.29 is 30.7 Å². The second-order valence-electron chi connectivity index (χ2n) is 1.32. The van der Waals surface area contributed by atoms with Gasteiger partial charge in [-0.15, -0.1) is 4.79 Å². The van der Waals surface area contributed by atoms with E-state index >= 15 is 0 Å².